The number of benzene rings is 1. The molecule has 0 aliphatic heterocycles. The lowest BCUT2D eigenvalue weighted by Gasteiger charge is -2.20. The van der Waals surface area contributed by atoms with Crippen LogP contribution in [-0.2, 0) is 19.9 Å². The zero-order chi connectivity index (χ0) is 15.4. The van der Waals surface area contributed by atoms with Gasteiger partial charge in [0.25, 0.3) is 0 Å². The number of rotatable bonds is 6. The molecule has 0 radical (unpaired) electrons. The first-order valence-electron chi connectivity index (χ1n) is 7.26. The van der Waals surface area contributed by atoms with Crippen molar-refractivity contribution in [2.24, 2.45) is 7.05 Å². The van der Waals surface area contributed by atoms with Gasteiger partial charge in [-0.1, -0.05) is 43.6 Å². The first-order chi connectivity index (χ1) is 10.1. The van der Waals surface area contributed by atoms with Crippen molar-refractivity contribution in [3.8, 4) is 0 Å². The molecule has 0 spiro atoms. The van der Waals surface area contributed by atoms with Crippen LogP contribution in [0.25, 0.3) is 0 Å². The number of hydrogen-bond donors (Lipinski definition) is 1. The molecule has 0 amide bonds. The summed E-state index contributed by atoms with van der Waals surface area (Å²) in [6.45, 7) is 5.14. The van der Waals surface area contributed by atoms with Crippen molar-refractivity contribution in [1.29, 1.82) is 0 Å². The van der Waals surface area contributed by atoms with E-state index in [9.17, 15) is 0 Å². The molecule has 0 aliphatic rings. The highest BCUT2D eigenvalue weighted by Gasteiger charge is 2.20. The van der Waals surface area contributed by atoms with Crippen LogP contribution in [0.4, 0.5) is 0 Å². The number of aryl methyl sites for hydroxylation is 2. The van der Waals surface area contributed by atoms with Gasteiger partial charge in [0.1, 0.15) is 0 Å². The molecule has 0 bridgehead atoms. The van der Waals surface area contributed by atoms with Crippen LogP contribution < -0.4 is 5.32 Å². The van der Waals surface area contributed by atoms with Crippen molar-refractivity contribution in [2.75, 3.05) is 6.54 Å². The second-order valence-corrected chi connectivity index (χ2v) is 6.56. The van der Waals surface area contributed by atoms with Gasteiger partial charge in [-0.25, -0.2) is 0 Å². The Kier molecular flexibility index (Phi) is 6.08. The van der Waals surface area contributed by atoms with Gasteiger partial charge in [0.05, 0.1) is 16.4 Å². The average Bonchev–Trinajstić information content (AvgIpc) is 2.74. The van der Waals surface area contributed by atoms with E-state index in [0.717, 1.165) is 35.8 Å². The fourth-order valence-corrected chi connectivity index (χ4v) is 3.67. The smallest absolute Gasteiger partial charge is 0.0850 e. The Hall–Kier alpha value is -0.590. The molecule has 21 heavy (non-hydrogen) atoms. The van der Waals surface area contributed by atoms with E-state index in [1.54, 1.807) is 0 Å². The molecular weight excluding hydrogens is 397 g/mol. The summed E-state index contributed by atoms with van der Waals surface area (Å²) in [4.78, 5) is 0. The van der Waals surface area contributed by atoms with Crippen LogP contribution in [0.5, 0.6) is 0 Å². The van der Waals surface area contributed by atoms with E-state index in [-0.39, 0.29) is 6.04 Å². The zero-order valence-corrected chi connectivity index (χ0v) is 15.6. The maximum atomic E-state index is 6.49. The molecule has 1 aromatic carbocycles. The van der Waals surface area contributed by atoms with Crippen LogP contribution in [0.15, 0.2) is 24.3 Å². The molecule has 0 saturated heterocycles. The predicted octanol–water partition coefficient (Wildman–Crippen LogP) is 4.13. The number of nitrogens with one attached hydrogen (secondary N) is 1. The quantitative estimate of drug-likeness (QED) is 0.716. The van der Waals surface area contributed by atoms with Gasteiger partial charge in [0.2, 0.25) is 0 Å². The minimum Gasteiger partial charge on any atom is -0.310 e. The second kappa shape index (κ2) is 7.61. The Balaban J connectivity index is 2.33. The van der Waals surface area contributed by atoms with Crippen molar-refractivity contribution in [3.05, 3.63) is 49.8 Å². The van der Waals surface area contributed by atoms with Crippen molar-refractivity contribution < 1.29 is 0 Å². The summed E-state index contributed by atoms with van der Waals surface area (Å²) in [5, 5.41) is 8.89. The summed E-state index contributed by atoms with van der Waals surface area (Å²) >= 11 is 8.88. The highest BCUT2D eigenvalue weighted by molar-refractivity contribution is 14.1. The van der Waals surface area contributed by atoms with E-state index in [2.05, 4.69) is 71.1 Å². The summed E-state index contributed by atoms with van der Waals surface area (Å²) in [6, 6.07) is 8.73. The maximum Gasteiger partial charge on any atom is 0.0850 e. The van der Waals surface area contributed by atoms with Crippen LogP contribution in [0.3, 0.4) is 0 Å². The Morgan fingerprint density at radius 1 is 1.33 bits per heavy atom. The minimum atomic E-state index is 0.251. The van der Waals surface area contributed by atoms with E-state index in [1.165, 1.54) is 9.13 Å². The molecule has 0 saturated carbocycles. The SMILES string of the molecule is CCNC(Cc1c(Cl)c(CC)nn1C)c1ccccc1I. The van der Waals surface area contributed by atoms with E-state index >= 15 is 0 Å². The van der Waals surface area contributed by atoms with E-state index < -0.39 is 0 Å². The van der Waals surface area contributed by atoms with Crippen LogP contribution >= 0.6 is 34.2 Å². The lowest BCUT2D eigenvalue weighted by atomic mass is 10.0. The van der Waals surface area contributed by atoms with Crippen LogP contribution in [-0.4, -0.2) is 16.3 Å². The van der Waals surface area contributed by atoms with Gasteiger partial charge in [-0.2, -0.15) is 5.10 Å². The van der Waals surface area contributed by atoms with Gasteiger partial charge in [0, 0.05) is 23.1 Å². The molecule has 2 aromatic rings. The molecule has 0 aliphatic carbocycles. The molecule has 1 heterocycles. The monoisotopic (exact) mass is 417 g/mol. The van der Waals surface area contributed by atoms with Gasteiger partial charge in [-0.3, -0.25) is 4.68 Å². The second-order valence-electron chi connectivity index (χ2n) is 5.02. The van der Waals surface area contributed by atoms with E-state index in [0.29, 0.717) is 0 Å². The lowest BCUT2D eigenvalue weighted by Crippen LogP contribution is -2.24. The van der Waals surface area contributed by atoms with Gasteiger partial charge in [0.15, 0.2) is 0 Å². The summed E-state index contributed by atoms with van der Waals surface area (Å²) in [5.41, 5.74) is 3.39. The Morgan fingerprint density at radius 2 is 2.05 bits per heavy atom. The molecule has 0 fully saturated rings. The third-order valence-electron chi connectivity index (χ3n) is 3.63. The summed E-state index contributed by atoms with van der Waals surface area (Å²) in [5.74, 6) is 0. The van der Waals surface area contributed by atoms with Crippen LogP contribution in [0.1, 0.15) is 36.8 Å². The van der Waals surface area contributed by atoms with Crippen molar-refractivity contribution >= 4 is 34.2 Å². The number of hydrogen-bond acceptors (Lipinski definition) is 2. The van der Waals surface area contributed by atoms with Gasteiger partial charge in [-0.15, -0.1) is 0 Å². The Morgan fingerprint density at radius 3 is 2.62 bits per heavy atom. The summed E-state index contributed by atoms with van der Waals surface area (Å²) < 4.78 is 3.19. The number of nitrogens with zero attached hydrogens (tertiary/aromatic N) is 2. The molecule has 3 nitrogen and oxygen atoms in total. The molecule has 1 atom stereocenters. The molecule has 2 rings (SSSR count). The summed E-state index contributed by atoms with van der Waals surface area (Å²) in [6.07, 6.45) is 1.71. The van der Waals surface area contributed by atoms with Crippen molar-refractivity contribution in [1.82, 2.24) is 15.1 Å². The van der Waals surface area contributed by atoms with Gasteiger partial charge < -0.3 is 5.32 Å². The highest BCUT2D eigenvalue weighted by Crippen LogP contribution is 2.28. The van der Waals surface area contributed by atoms with E-state index in [1.807, 2.05) is 11.7 Å². The number of likely N-dealkylation sites (N-methyl/N-ethyl adjacent to an activating group) is 1. The van der Waals surface area contributed by atoms with Crippen LogP contribution in [0, 0.1) is 3.57 Å². The third-order valence-corrected chi connectivity index (χ3v) is 5.05. The standard InChI is InChI=1S/C16H21ClIN3/c1-4-13-16(17)15(21(3)20-13)10-14(19-5-2)11-8-6-7-9-12(11)18/h6-9,14,19H,4-5,10H2,1-3H3. The first-order valence-corrected chi connectivity index (χ1v) is 8.72. The van der Waals surface area contributed by atoms with Gasteiger partial charge >= 0.3 is 0 Å². The highest BCUT2D eigenvalue weighted by atomic mass is 127. The van der Waals surface area contributed by atoms with Crippen LogP contribution in [0.2, 0.25) is 5.02 Å². The molecule has 114 valence electrons. The first kappa shape index (κ1) is 16.8. The molecular formula is C16H21ClIN3. The fourth-order valence-electron chi connectivity index (χ4n) is 2.53. The molecule has 1 unspecified atom stereocenters. The van der Waals surface area contributed by atoms with Gasteiger partial charge in [-0.05, 0) is 47.2 Å². The summed E-state index contributed by atoms with van der Waals surface area (Å²) in [7, 11) is 1.97. The van der Waals surface area contributed by atoms with Crippen molar-refractivity contribution in [2.45, 2.75) is 32.7 Å². The number of halogens is 2. The average molecular weight is 418 g/mol. The largest absolute Gasteiger partial charge is 0.310 e. The molecule has 5 heteroatoms. The Labute approximate surface area is 145 Å². The minimum absolute atomic E-state index is 0.251. The fraction of sp³-hybridized carbons (Fsp3) is 0.438. The maximum absolute atomic E-state index is 6.49. The lowest BCUT2D eigenvalue weighted by molar-refractivity contribution is 0.527. The Bertz CT molecular complexity index is 610. The zero-order valence-electron chi connectivity index (χ0n) is 12.7. The van der Waals surface area contributed by atoms with E-state index in [4.69, 9.17) is 11.6 Å². The molecule has 1 N–H and O–H groups in total. The predicted molar refractivity (Wildman–Crippen MR) is 96.9 cm³/mol. The topological polar surface area (TPSA) is 29.9 Å². The number of aromatic nitrogens is 2. The van der Waals surface area contributed by atoms with Crippen molar-refractivity contribution in [3.63, 3.8) is 0 Å². The third kappa shape index (κ3) is 3.79. The molecule has 1 aromatic heterocycles. The normalized spacial score (nSPS) is 12.6.